The van der Waals surface area contributed by atoms with Crippen molar-refractivity contribution in [1.82, 2.24) is 10.1 Å². The van der Waals surface area contributed by atoms with Gasteiger partial charge < -0.3 is 24.2 Å². The summed E-state index contributed by atoms with van der Waals surface area (Å²) >= 11 is 14.3. The Bertz CT molecular complexity index is 1700. The predicted molar refractivity (Wildman–Crippen MR) is 159 cm³/mol. The molecular formula is C31H29Cl2FN2O6S. The minimum Gasteiger partial charge on any atom is -0.478 e. The van der Waals surface area contributed by atoms with E-state index in [1.165, 1.54) is 6.07 Å². The van der Waals surface area contributed by atoms with Gasteiger partial charge in [-0.1, -0.05) is 34.4 Å². The average Bonchev–Trinajstić information content (AvgIpc) is 3.53. The molecule has 2 heterocycles. The van der Waals surface area contributed by atoms with Crippen LogP contribution in [0.25, 0.3) is 21.5 Å². The van der Waals surface area contributed by atoms with Gasteiger partial charge in [0.25, 0.3) is 0 Å². The summed E-state index contributed by atoms with van der Waals surface area (Å²) < 4.78 is 33.5. The number of thiazole rings is 1. The summed E-state index contributed by atoms with van der Waals surface area (Å²) in [6.07, 6.45) is 4.51. The third kappa shape index (κ3) is 4.87. The highest BCUT2D eigenvalue weighted by Gasteiger charge is 2.60. The summed E-state index contributed by atoms with van der Waals surface area (Å²) in [6, 6.07) is 7.69. The lowest BCUT2D eigenvalue weighted by Crippen LogP contribution is -2.52. The van der Waals surface area contributed by atoms with Crippen LogP contribution < -0.4 is 0 Å². The van der Waals surface area contributed by atoms with Gasteiger partial charge >= 0.3 is 5.97 Å². The monoisotopic (exact) mass is 646 g/mol. The van der Waals surface area contributed by atoms with E-state index in [0.29, 0.717) is 50.5 Å². The topological polar surface area (TPSA) is 115 Å². The number of benzene rings is 2. The molecular weight excluding hydrogens is 618 g/mol. The normalized spacial score (nSPS) is 26.8. The van der Waals surface area contributed by atoms with Gasteiger partial charge in [0.15, 0.2) is 5.82 Å². The van der Waals surface area contributed by atoms with Crippen LogP contribution in [0, 0.1) is 17.7 Å². The van der Waals surface area contributed by atoms with Crippen molar-refractivity contribution < 1.29 is 33.4 Å². The molecule has 2 bridgehead atoms. The molecule has 2 unspecified atom stereocenters. The summed E-state index contributed by atoms with van der Waals surface area (Å²) in [7, 11) is 1.63. The zero-order valence-electron chi connectivity index (χ0n) is 23.2. The number of aliphatic hydroxyl groups is 1. The Morgan fingerprint density at radius 2 is 1.86 bits per heavy atom. The quantitative estimate of drug-likeness (QED) is 0.191. The minimum absolute atomic E-state index is 0.0774. The highest BCUT2D eigenvalue weighted by Crippen LogP contribution is 2.60. The van der Waals surface area contributed by atoms with E-state index in [1.54, 1.807) is 25.3 Å². The van der Waals surface area contributed by atoms with Crippen LogP contribution in [0.1, 0.15) is 71.1 Å². The number of fused-ring (bicyclic) bond motifs is 3. The van der Waals surface area contributed by atoms with Crippen LogP contribution in [-0.2, 0) is 21.7 Å². The van der Waals surface area contributed by atoms with Gasteiger partial charge in [0.1, 0.15) is 27.6 Å². The van der Waals surface area contributed by atoms with Crippen LogP contribution in [0.3, 0.4) is 0 Å². The summed E-state index contributed by atoms with van der Waals surface area (Å²) in [5.74, 6) is -1.31. The highest BCUT2D eigenvalue weighted by molar-refractivity contribution is 7.18. The average molecular weight is 648 g/mol. The van der Waals surface area contributed by atoms with Gasteiger partial charge in [-0.3, -0.25) is 0 Å². The number of carboxylic acids is 1. The molecule has 8 nitrogen and oxygen atoms in total. The van der Waals surface area contributed by atoms with Crippen LogP contribution in [0.15, 0.2) is 34.9 Å². The first kappa shape index (κ1) is 29.1. The zero-order valence-corrected chi connectivity index (χ0v) is 25.6. The minimum atomic E-state index is -1.28. The van der Waals surface area contributed by atoms with Gasteiger partial charge in [0, 0.05) is 24.2 Å². The van der Waals surface area contributed by atoms with Crippen LogP contribution >= 0.6 is 34.5 Å². The van der Waals surface area contributed by atoms with E-state index in [-0.39, 0.29) is 35.4 Å². The fourth-order valence-electron chi connectivity index (χ4n) is 7.12. The maximum absolute atomic E-state index is 14.8. The third-order valence-corrected chi connectivity index (χ3v) is 11.1. The molecule has 4 atom stereocenters. The predicted octanol–water partition coefficient (Wildman–Crippen LogP) is 7.58. The van der Waals surface area contributed by atoms with Gasteiger partial charge in [0.2, 0.25) is 0 Å². The van der Waals surface area contributed by atoms with Gasteiger partial charge in [0.05, 0.1) is 39.1 Å². The fraction of sp³-hybridized carbons (Fsp3) is 0.452. The standard InChI is InChI=1S/C31H29Cl2FN2O6S/c1-40-14-30(41-13-19-25(36-42-27(19)15-5-6-15)24-20(32)3-2-4-21(24)33)11-17-7-8-18(12-30)31(17,39)29-35-26-22(34)9-16(28(37)38)10-23(26)43-29/h2-4,9-10,15,17-18,39H,5-8,11-14H2,1H3,(H,37,38)/t17-,18+,30?,31?. The molecule has 7 rings (SSSR count). The molecule has 0 radical (unpaired) electrons. The van der Waals surface area contributed by atoms with E-state index in [9.17, 15) is 19.4 Å². The van der Waals surface area contributed by atoms with Crippen molar-refractivity contribution >= 4 is 50.7 Å². The van der Waals surface area contributed by atoms with Crippen molar-refractivity contribution in [2.24, 2.45) is 11.8 Å². The Labute approximate surface area is 260 Å². The van der Waals surface area contributed by atoms with Crippen LogP contribution in [0.5, 0.6) is 0 Å². The van der Waals surface area contributed by atoms with Gasteiger partial charge in [-0.15, -0.1) is 11.3 Å². The molecule has 3 fully saturated rings. The highest BCUT2D eigenvalue weighted by atomic mass is 35.5. The molecule has 0 aliphatic heterocycles. The number of carbonyl (C=O) groups is 1. The smallest absolute Gasteiger partial charge is 0.335 e. The molecule has 0 saturated heterocycles. The molecule has 12 heteroatoms. The van der Waals surface area contributed by atoms with Crippen molar-refractivity contribution in [1.29, 1.82) is 0 Å². The molecule has 3 saturated carbocycles. The second kappa shape index (κ2) is 10.8. The largest absolute Gasteiger partial charge is 0.478 e. The lowest BCUT2D eigenvalue weighted by atomic mass is 9.68. The van der Waals surface area contributed by atoms with Crippen molar-refractivity contribution in [2.45, 2.75) is 62.3 Å². The number of hydrogen-bond acceptors (Lipinski definition) is 8. The molecule has 0 amide bonds. The van der Waals surface area contributed by atoms with Crippen LogP contribution in [0.2, 0.25) is 10.0 Å². The fourth-order valence-corrected chi connectivity index (χ4v) is 8.96. The third-order valence-electron chi connectivity index (χ3n) is 9.28. The SMILES string of the molecule is COCC1(OCc2c(-c3c(Cl)cccc3Cl)noc2C2CC2)C[C@H]2CC[C@@H](C1)C2(O)c1nc2c(F)cc(C(=O)O)cc2s1. The number of methoxy groups -OCH3 is 1. The first-order valence-corrected chi connectivity index (χ1v) is 15.8. The van der Waals surface area contributed by atoms with Crippen molar-refractivity contribution in [3.63, 3.8) is 0 Å². The molecule has 43 heavy (non-hydrogen) atoms. The van der Waals surface area contributed by atoms with E-state index in [4.69, 9.17) is 37.2 Å². The Morgan fingerprint density at radius 1 is 1.16 bits per heavy atom. The summed E-state index contributed by atoms with van der Waals surface area (Å²) in [4.78, 5) is 16.0. The Balaban J connectivity index is 1.20. The second-order valence-electron chi connectivity index (χ2n) is 12.0. The molecule has 2 aromatic carbocycles. The number of rotatable bonds is 9. The molecule has 2 N–H and O–H groups in total. The van der Waals surface area contributed by atoms with E-state index >= 15 is 0 Å². The number of hydrogen-bond donors (Lipinski definition) is 2. The zero-order chi connectivity index (χ0) is 30.1. The lowest BCUT2D eigenvalue weighted by molar-refractivity contribution is -0.183. The van der Waals surface area contributed by atoms with Gasteiger partial charge in [-0.05, 0) is 74.6 Å². The summed E-state index contributed by atoms with van der Waals surface area (Å²) in [5.41, 5.74) is -0.0724. The number of nitrogens with zero attached hydrogens (tertiary/aromatic N) is 2. The number of aromatic carboxylic acids is 1. The maximum Gasteiger partial charge on any atom is 0.335 e. The van der Waals surface area contributed by atoms with Crippen LogP contribution in [-0.4, -0.2) is 45.6 Å². The first-order chi connectivity index (χ1) is 20.6. The summed E-state index contributed by atoms with van der Waals surface area (Å²) in [6.45, 7) is 0.524. The Kier molecular flexibility index (Phi) is 7.31. The maximum atomic E-state index is 14.8. The van der Waals surface area contributed by atoms with E-state index in [1.807, 2.05) is 0 Å². The molecule has 3 aliphatic rings. The van der Waals surface area contributed by atoms with Gasteiger partial charge in [-0.25, -0.2) is 14.2 Å². The van der Waals surface area contributed by atoms with E-state index in [0.717, 1.165) is 54.4 Å². The van der Waals surface area contributed by atoms with E-state index < -0.39 is 23.0 Å². The van der Waals surface area contributed by atoms with Crippen molar-refractivity contribution in [3.8, 4) is 11.3 Å². The first-order valence-electron chi connectivity index (χ1n) is 14.3. The Morgan fingerprint density at radius 3 is 2.49 bits per heavy atom. The van der Waals surface area contributed by atoms with Crippen molar-refractivity contribution in [3.05, 3.63) is 68.1 Å². The number of halogens is 3. The van der Waals surface area contributed by atoms with Gasteiger partial charge in [-0.2, -0.15) is 0 Å². The molecule has 0 spiro atoms. The van der Waals surface area contributed by atoms with E-state index in [2.05, 4.69) is 10.1 Å². The second-order valence-corrected chi connectivity index (χ2v) is 13.8. The number of carboxylic acid groups (broad SMARTS) is 1. The molecule has 4 aromatic rings. The number of ether oxygens (including phenoxy) is 2. The Hall–Kier alpha value is -2.60. The lowest BCUT2D eigenvalue weighted by Gasteiger charge is -2.47. The number of aromatic nitrogens is 2. The molecule has 2 aromatic heterocycles. The molecule has 3 aliphatic carbocycles. The van der Waals surface area contributed by atoms with Crippen LogP contribution in [0.4, 0.5) is 4.39 Å². The molecule has 226 valence electrons. The van der Waals surface area contributed by atoms with Crippen molar-refractivity contribution in [2.75, 3.05) is 13.7 Å². The summed E-state index contributed by atoms with van der Waals surface area (Å²) in [5, 5.41) is 27.3.